The number of hydrogen-bond donors (Lipinski definition) is 0. The number of rotatable bonds is 8. The van der Waals surface area contributed by atoms with Crippen molar-refractivity contribution < 1.29 is 4.79 Å². The minimum atomic E-state index is -2.84. The molecule has 0 aliphatic carbocycles. The molecule has 46 heavy (non-hydrogen) atoms. The van der Waals surface area contributed by atoms with Gasteiger partial charge in [-0.1, -0.05) is 182 Å². The topological polar surface area (TPSA) is 42.9 Å². The Bertz CT molecular complexity index is 2030. The summed E-state index contributed by atoms with van der Waals surface area (Å²) in [7, 11) is 0. The quantitative estimate of drug-likeness (QED) is 0.129. The molecule has 0 spiro atoms. The Morgan fingerprint density at radius 2 is 0.826 bits per heavy atom. The molecule has 0 amide bonds. The minimum absolute atomic E-state index is 0.0636. The van der Waals surface area contributed by atoms with Crippen LogP contribution in [0.2, 0.25) is 0 Å². The number of carbonyl (C=O) groups is 1. The van der Waals surface area contributed by atoms with Gasteiger partial charge in [-0.2, -0.15) is 0 Å². The highest BCUT2D eigenvalue weighted by Crippen LogP contribution is 2.48. The van der Waals surface area contributed by atoms with Gasteiger partial charge in [0, 0.05) is 16.7 Å². The SMILES string of the molecule is O=C(C(c1cc(-c2ccccc2)c(-c2ccccc2)nn1)=P(c1ccccc1)(c1ccccc1)c1ccccc1)c1ccccc1. The number of hydrogen-bond acceptors (Lipinski definition) is 3. The average molecular weight is 611 g/mol. The summed E-state index contributed by atoms with van der Waals surface area (Å²) >= 11 is 0. The maximum absolute atomic E-state index is 15.2. The number of nitrogens with zero attached hydrogens (tertiary/aromatic N) is 2. The Hall–Kier alpha value is -5.63. The van der Waals surface area contributed by atoms with E-state index in [1.807, 2.05) is 97.1 Å². The molecule has 0 saturated carbocycles. The van der Waals surface area contributed by atoms with E-state index in [1.54, 1.807) is 0 Å². The van der Waals surface area contributed by atoms with E-state index in [0.29, 0.717) is 16.6 Å². The van der Waals surface area contributed by atoms with Crippen molar-refractivity contribution >= 4 is 33.9 Å². The third-order valence-corrected chi connectivity index (χ3v) is 12.5. The lowest BCUT2D eigenvalue weighted by atomic mass is 9.98. The lowest BCUT2D eigenvalue weighted by Gasteiger charge is -2.32. The summed E-state index contributed by atoms with van der Waals surface area (Å²) in [6.07, 6.45) is 0. The van der Waals surface area contributed by atoms with E-state index in [9.17, 15) is 0 Å². The first-order valence-electron chi connectivity index (χ1n) is 15.3. The van der Waals surface area contributed by atoms with Gasteiger partial charge in [0.15, 0.2) is 5.78 Å². The van der Waals surface area contributed by atoms with E-state index in [1.165, 1.54) is 0 Å². The van der Waals surface area contributed by atoms with Gasteiger partial charge in [0.25, 0.3) is 0 Å². The molecule has 220 valence electrons. The second-order valence-electron chi connectivity index (χ2n) is 10.9. The van der Waals surface area contributed by atoms with Crippen LogP contribution in [-0.4, -0.2) is 21.3 Å². The van der Waals surface area contributed by atoms with Crippen LogP contribution in [-0.2, 0) is 0 Å². The van der Waals surface area contributed by atoms with Gasteiger partial charge in [0.05, 0.1) is 11.0 Å². The second kappa shape index (κ2) is 13.2. The fraction of sp³-hybridized carbons (Fsp3) is 0. The van der Waals surface area contributed by atoms with Gasteiger partial charge < -0.3 is 0 Å². The largest absolute Gasteiger partial charge is 0.288 e. The number of ketones is 1. The monoisotopic (exact) mass is 610 g/mol. The fourth-order valence-electron chi connectivity index (χ4n) is 6.11. The maximum Gasteiger partial charge on any atom is 0.196 e. The summed E-state index contributed by atoms with van der Waals surface area (Å²) < 4.78 is 0. The first-order chi connectivity index (χ1) is 22.8. The molecule has 0 N–H and O–H groups in total. The zero-order chi connectivity index (χ0) is 31.2. The Labute approximate surface area is 269 Å². The molecule has 7 rings (SSSR count). The first-order valence-corrected chi connectivity index (χ1v) is 17.1. The molecular weight excluding hydrogens is 579 g/mol. The third kappa shape index (κ3) is 5.43. The van der Waals surface area contributed by atoms with Crippen molar-refractivity contribution in [2.75, 3.05) is 0 Å². The van der Waals surface area contributed by atoms with Crippen LogP contribution in [0.4, 0.5) is 0 Å². The molecule has 0 radical (unpaired) electrons. The van der Waals surface area contributed by atoms with Crippen LogP contribution in [0.3, 0.4) is 0 Å². The first kappa shape index (κ1) is 29.1. The molecular formula is C42H31N2OP. The predicted octanol–water partition coefficient (Wildman–Crippen LogP) is 8.21. The van der Waals surface area contributed by atoms with E-state index in [-0.39, 0.29) is 5.78 Å². The molecule has 4 heteroatoms. The molecule has 0 aliphatic heterocycles. The lowest BCUT2D eigenvalue weighted by Crippen LogP contribution is -2.34. The van der Waals surface area contributed by atoms with Crippen molar-refractivity contribution in [3.05, 3.63) is 199 Å². The van der Waals surface area contributed by atoms with Crippen LogP contribution in [0.1, 0.15) is 16.1 Å². The fourth-order valence-corrected chi connectivity index (χ4v) is 10.5. The molecule has 0 atom stereocenters. The highest BCUT2D eigenvalue weighted by atomic mass is 31.2. The van der Waals surface area contributed by atoms with E-state index < -0.39 is 6.89 Å². The number of aromatic nitrogens is 2. The van der Waals surface area contributed by atoms with Gasteiger partial charge in [0.2, 0.25) is 0 Å². The standard InChI is InChI=1S/C42H31N2OP/c45-41(34-23-11-3-12-24-34)42(39-31-38(32-19-7-1-8-20-32)40(44-43-39)33-21-9-2-10-22-33)46(35-25-13-4-14-26-35,36-27-15-5-16-28-36)37-29-17-6-18-30-37/h1-31H. The van der Waals surface area contributed by atoms with E-state index in [4.69, 9.17) is 10.2 Å². The van der Waals surface area contributed by atoms with Crippen LogP contribution < -0.4 is 15.9 Å². The van der Waals surface area contributed by atoms with Crippen molar-refractivity contribution in [1.29, 1.82) is 0 Å². The third-order valence-electron chi connectivity index (χ3n) is 8.19. The molecule has 0 saturated heterocycles. The maximum atomic E-state index is 15.2. The summed E-state index contributed by atoms with van der Waals surface area (Å²) in [5.74, 6) is -0.0636. The highest BCUT2D eigenvalue weighted by molar-refractivity contribution is 7.96. The zero-order valence-corrected chi connectivity index (χ0v) is 26.0. The summed E-state index contributed by atoms with van der Waals surface area (Å²) in [5.41, 5.74) is 4.84. The van der Waals surface area contributed by atoms with E-state index in [2.05, 4.69) is 91.0 Å². The Kier molecular flexibility index (Phi) is 8.32. The Balaban J connectivity index is 1.69. The van der Waals surface area contributed by atoms with Gasteiger partial charge in [-0.25, -0.2) is 0 Å². The lowest BCUT2D eigenvalue weighted by molar-refractivity contribution is 0.106. The van der Waals surface area contributed by atoms with Gasteiger partial charge >= 0.3 is 0 Å². The van der Waals surface area contributed by atoms with Crippen molar-refractivity contribution in [2.45, 2.75) is 0 Å². The van der Waals surface area contributed by atoms with Crippen LogP contribution in [0.5, 0.6) is 0 Å². The summed E-state index contributed by atoms with van der Waals surface area (Å²) in [6, 6.07) is 63.2. The molecule has 0 aliphatic rings. The molecule has 0 unspecified atom stereocenters. The molecule has 0 fully saturated rings. The van der Waals surface area contributed by atoms with Gasteiger partial charge in [-0.05, 0) is 34.4 Å². The van der Waals surface area contributed by atoms with Crippen molar-refractivity contribution in [3.63, 3.8) is 0 Å². The number of Topliss-reactive ketones (excluding diaryl/α,β-unsaturated/α-hetero) is 1. The number of carbonyl (C=O) groups excluding carboxylic acids is 1. The second-order valence-corrected chi connectivity index (χ2v) is 14.3. The molecule has 0 bridgehead atoms. The molecule has 6 aromatic carbocycles. The van der Waals surface area contributed by atoms with Crippen LogP contribution >= 0.6 is 6.89 Å². The van der Waals surface area contributed by atoms with Gasteiger partial charge in [-0.3, -0.25) is 4.79 Å². The van der Waals surface area contributed by atoms with Crippen molar-refractivity contribution in [1.82, 2.24) is 10.2 Å². The van der Waals surface area contributed by atoms with Gasteiger partial charge in [-0.15, -0.1) is 10.2 Å². The zero-order valence-electron chi connectivity index (χ0n) is 25.1. The van der Waals surface area contributed by atoms with Gasteiger partial charge in [0.1, 0.15) is 5.69 Å². The van der Waals surface area contributed by atoms with Crippen molar-refractivity contribution in [2.24, 2.45) is 0 Å². The average Bonchev–Trinajstić information content (AvgIpc) is 3.15. The van der Waals surface area contributed by atoms with Crippen LogP contribution in [0.15, 0.2) is 188 Å². The summed E-state index contributed by atoms with van der Waals surface area (Å²) in [4.78, 5) is 15.2. The molecule has 3 nitrogen and oxygen atoms in total. The molecule has 7 aromatic rings. The summed E-state index contributed by atoms with van der Waals surface area (Å²) in [6.45, 7) is -2.84. The predicted molar refractivity (Wildman–Crippen MR) is 193 cm³/mol. The van der Waals surface area contributed by atoms with Crippen molar-refractivity contribution in [3.8, 4) is 22.4 Å². The highest BCUT2D eigenvalue weighted by Gasteiger charge is 2.35. The Morgan fingerprint density at radius 1 is 0.435 bits per heavy atom. The number of benzene rings is 6. The normalized spacial score (nSPS) is 11.1. The molecule has 1 aromatic heterocycles. The van der Waals surface area contributed by atoms with E-state index >= 15 is 4.79 Å². The molecule has 1 heterocycles. The van der Waals surface area contributed by atoms with Crippen LogP contribution in [0, 0.1) is 0 Å². The summed E-state index contributed by atoms with van der Waals surface area (Å²) in [5, 5.41) is 13.7. The Morgan fingerprint density at radius 3 is 1.28 bits per heavy atom. The van der Waals surface area contributed by atoms with Crippen LogP contribution in [0.25, 0.3) is 22.4 Å². The minimum Gasteiger partial charge on any atom is -0.288 e. The smallest absolute Gasteiger partial charge is 0.196 e. The van der Waals surface area contributed by atoms with E-state index in [0.717, 1.165) is 38.3 Å².